The fourth-order valence-corrected chi connectivity index (χ4v) is 4.38. The molecule has 7 heteroatoms. The van der Waals surface area contributed by atoms with Crippen LogP contribution in [-0.4, -0.2) is 21.4 Å². The Morgan fingerprint density at radius 1 is 1.11 bits per heavy atom. The van der Waals surface area contributed by atoms with Gasteiger partial charge in [-0.2, -0.15) is 0 Å². The summed E-state index contributed by atoms with van der Waals surface area (Å²) in [6.45, 7) is 6.56. The number of thioether (sulfide) groups is 1. The first-order chi connectivity index (χ1) is 13.0. The summed E-state index contributed by atoms with van der Waals surface area (Å²) in [5, 5.41) is 15.1. The van der Waals surface area contributed by atoms with Crippen molar-refractivity contribution in [1.82, 2.24) is 15.5 Å². The van der Waals surface area contributed by atoms with E-state index in [0.29, 0.717) is 6.54 Å². The van der Waals surface area contributed by atoms with E-state index >= 15 is 0 Å². The van der Waals surface area contributed by atoms with Gasteiger partial charge >= 0.3 is 0 Å². The highest BCUT2D eigenvalue weighted by atomic mass is 32.2. The summed E-state index contributed by atoms with van der Waals surface area (Å²) in [6.07, 6.45) is 0. The summed E-state index contributed by atoms with van der Waals surface area (Å²) in [4.78, 5) is 12.3. The van der Waals surface area contributed by atoms with Crippen molar-refractivity contribution in [1.29, 1.82) is 0 Å². The second kappa shape index (κ2) is 9.01. The average Bonchev–Trinajstić information content (AvgIpc) is 3.11. The lowest BCUT2D eigenvalue weighted by Crippen LogP contribution is -2.30. The van der Waals surface area contributed by atoms with Crippen LogP contribution in [0.25, 0.3) is 0 Å². The zero-order valence-corrected chi connectivity index (χ0v) is 17.2. The molecular weight excluding hydrogens is 376 g/mol. The number of amides is 1. The molecule has 0 bridgehead atoms. The van der Waals surface area contributed by atoms with Crippen LogP contribution in [0.15, 0.2) is 52.9 Å². The third-order valence-electron chi connectivity index (χ3n) is 4.21. The number of aromatic nitrogens is 2. The first kappa shape index (κ1) is 19.4. The largest absolute Gasteiger partial charge is 0.351 e. The molecule has 1 amide bonds. The maximum atomic E-state index is 12.3. The van der Waals surface area contributed by atoms with Crippen molar-refractivity contribution in [3.8, 4) is 0 Å². The Labute approximate surface area is 167 Å². The van der Waals surface area contributed by atoms with E-state index in [4.69, 9.17) is 0 Å². The van der Waals surface area contributed by atoms with E-state index in [1.54, 1.807) is 0 Å². The van der Waals surface area contributed by atoms with Crippen molar-refractivity contribution in [2.45, 2.75) is 36.9 Å². The van der Waals surface area contributed by atoms with Gasteiger partial charge in [0, 0.05) is 12.2 Å². The Balaban J connectivity index is 1.55. The van der Waals surface area contributed by atoms with Gasteiger partial charge in [0.05, 0.1) is 5.25 Å². The number of hydrogen-bond acceptors (Lipinski definition) is 6. The van der Waals surface area contributed by atoms with Gasteiger partial charge in [0.25, 0.3) is 0 Å². The third kappa shape index (κ3) is 5.30. The molecule has 0 fully saturated rings. The Morgan fingerprint density at radius 3 is 2.67 bits per heavy atom. The molecule has 27 heavy (non-hydrogen) atoms. The van der Waals surface area contributed by atoms with E-state index in [2.05, 4.69) is 40.7 Å². The van der Waals surface area contributed by atoms with Crippen LogP contribution in [0.4, 0.5) is 10.8 Å². The molecule has 2 aromatic carbocycles. The topological polar surface area (TPSA) is 66.9 Å². The van der Waals surface area contributed by atoms with Crippen LogP contribution in [0.3, 0.4) is 0 Å². The molecule has 0 saturated carbocycles. The van der Waals surface area contributed by atoms with Gasteiger partial charge in [0.2, 0.25) is 11.0 Å². The fraction of sp³-hybridized carbons (Fsp3) is 0.250. The van der Waals surface area contributed by atoms with Gasteiger partial charge in [0.15, 0.2) is 4.34 Å². The van der Waals surface area contributed by atoms with Crippen LogP contribution < -0.4 is 10.6 Å². The molecule has 0 radical (unpaired) electrons. The fourth-order valence-electron chi connectivity index (χ4n) is 2.44. The molecule has 140 valence electrons. The van der Waals surface area contributed by atoms with Gasteiger partial charge in [-0.15, -0.1) is 10.2 Å². The third-order valence-corrected chi connectivity index (χ3v) is 6.23. The molecular formula is C20H22N4OS2. The molecule has 3 rings (SSSR count). The van der Waals surface area contributed by atoms with E-state index in [1.807, 2.05) is 49.4 Å². The van der Waals surface area contributed by atoms with Crippen molar-refractivity contribution >= 4 is 39.8 Å². The number of benzene rings is 2. The van der Waals surface area contributed by atoms with Crippen molar-refractivity contribution in [3.05, 3.63) is 65.2 Å². The van der Waals surface area contributed by atoms with E-state index in [0.717, 1.165) is 20.7 Å². The van der Waals surface area contributed by atoms with Crippen LogP contribution in [0.5, 0.6) is 0 Å². The smallest absolute Gasteiger partial charge is 0.233 e. The Morgan fingerprint density at radius 2 is 1.89 bits per heavy atom. The van der Waals surface area contributed by atoms with Gasteiger partial charge < -0.3 is 10.6 Å². The van der Waals surface area contributed by atoms with Crippen LogP contribution >= 0.6 is 23.1 Å². The van der Waals surface area contributed by atoms with Gasteiger partial charge in [-0.05, 0) is 43.5 Å². The van der Waals surface area contributed by atoms with Crippen molar-refractivity contribution in [2.24, 2.45) is 0 Å². The zero-order chi connectivity index (χ0) is 19.2. The molecule has 3 aromatic rings. The minimum atomic E-state index is -0.241. The number of anilines is 2. The summed E-state index contributed by atoms with van der Waals surface area (Å²) in [6, 6.07) is 16.0. The number of carbonyl (C=O) groups excluding carboxylic acids is 1. The van der Waals surface area contributed by atoms with Gasteiger partial charge in [0.1, 0.15) is 0 Å². The maximum Gasteiger partial charge on any atom is 0.233 e. The second-order valence-corrected chi connectivity index (χ2v) is 8.77. The zero-order valence-electron chi connectivity index (χ0n) is 15.5. The first-order valence-electron chi connectivity index (χ1n) is 8.68. The second-order valence-electron chi connectivity index (χ2n) is 6.21. The average molecular weight is 399 g/mol. The molecule has 2 N–H and O–H groups in total. The van der Waals surface area contributed by atoms with Crippen LogP contribution in [0.2, 0.25) is 0 Å². The molecule has 5 nitrogen and oxygen atoms in total. The molecule has 0 aliphatic heterocycles. The predicted molar refractivity (Wildman–Crippen MR) is 113 cm³/mol. The van der Waals surface area contributed by atoms with E-state index in [-0.39, 0.29) is 11.2 Å². The Kier molecular flexibility index (Phi) is 6.47. The summed E-state index contributed by atoms with van der Waals surface area (Å²) in [5.74, 6) is -0.0110. The van der Waals surface area contributed by atoms with Crippen LogP contribution in [-0.2, 0) is 11.3 Å². The molecule has 0 aliphatic rings. The highest BCUT2D eigenvalue weighted by Gasteiger charge is 2.17. The molecule has 1 heterocycles. The molecule has 0 spiro atoms. The monoisotopic (exact) mass is 398 g/mol. The lowest BCUT2D eigenvalue weighted by atomic mass is 10.1. The number of rotatable bonds is 7. The summed E-state index contributed by atoms with van der Waals surface area (Å²) in [5.41, 5.74) is 4.52. The normalized spacial score (nSPS) is 11.8. The summed E-state index contributed by atoms with van der Waals surface area (Å²) < 4.78 is 0.769. The van der Waals surface area contributed by atoms with Crippen molar-refractivity contribution < 1.29 is 4.79 Å². The number of hydrogen-bond donors (Lipinski definition) is 2. The predicted octanol–water partition coefficient (Wildman–Crippen LogP) is 4.70. The molecule has 0 aliphatic carbocycles. The maximum absolute atomic E-state index is 12.3. The quantitative estimate of drug-likeness (QED) is 0.565. The number of nitrogens with zero attached hydrogens (tertiary/aromatic N) is 2. The van der Waals surface area contributed by atoms with Crippen LogP contribution in [0, 0.1) is 13.8 Å². The number of nitrogens with one attached hydrogen (secondary N) is 2. The summed E-state index contributed by atoms with van der Waals surface area (Å²) >= 11 is 2.87. The lowest BCUT2D eigenvalue weighted by Gasteiger charge is -2.10. The van der Waals surface area contributed by atoms with E-state index in [9.17, 15) is 4.79 Å². The highest BCUT2D eigenvalue weighted by molar-refractivity contribution is 8.02. The number of carbonyl (C=O) groups is 1. The standard InChI is InChI=1S/C20H22N4OS2/c1-13-8-7-11-17(14(13)2)22-19-23-24-20(27-19)26-15(3)18(25)21-12-16-9-5-4-6-10-16/h4-11,15H,12H2,1-3H3,(H,21,25)(H,22,23)/t15-/m0/s1. The van der Waals surface area contributed by atoms with Crippen LogP contribution in [0.1, 0.15) is 23.6 Å². The minimum absolute atomic E-state index is 0.0110. The SMILES string of the molecule is Cc1cccc(Nc2nnc(S[C@@H](C)C(=O)NCc3ccccc3)s2)c1C. The van der Waals surface area contributed by atoms with Gasteiger partial charge in [-0.3, -0.25) is 4.79 Å². The Bertz CT molecular complexity index is 911. The van der Waals surface area contributed by atoms with Gasteiger partial charge in [-0.25, -0.2) is 0 Å². The lowest BCUT2D eigenvalue weighted by molar-refractivity contribution is -0.120. The highest BCUT2D eigenvalue weighted by Crippen LogP contribution is 2.31. The van der Waals surface area contributed by atoms with E-state index in [1.165, 1.54) is 34.2 Å². The van der Waals surface area contributed by atoms with Crippen molar-refractivity contribution in [3.63, 3.8) is 0 Å². The Hall–Kier alpha value is -2.38. The number of aryl methyl sites for hydroxylation is 1. The van der Waals surface area contributed by atoms with Crippen molar-refractivity contribution in [2.75, 3.05) is 5.32 Å². The molecule has 0 saturated heterocycles. The molecule has 1 aromatic heterocycles. The molecule has 0 unspecified atom stereocenters. The van der Waals surface area contributed by atoms with E-state index < -0.39 is 0 Å². The minimum Gasteiger partial charge on any atom is -0.351 e. The summed E-state index contributed by atoms with van der Waals surface area (Å²) in [7, 11) is 0. The first-order valence-corrected chi connectivity index (χ1v) is 10.4. The molecule has 1 atom stereocenters. The van der Waals surface area contributed by atoms with Gasteiger partial charge in [-0.1, -0.05) is 65.6 Å².